The predicted molar refractivity (Wildman–Crippen MR) is 45.1 cm³/mol. The van der Waals surface area contributed by atoms with E-state index in [0.717, 1.165) is 19.6 Å². The standard InChI is InChI=1S/C7H16O3Si/c1-8-11-10-5-3-2-4-7-6-9-7/h7H,2-6,11H2,1H3. The zero-order valence-electron chi connectivity index (χ0n) is 7.04. The molecule has 0 saturated carbocycles. The third-order valence-corrected chi connectivity index (χ3v) is 2.36. The second-order valence-corrected chi connectivity index (χ2v) is 3.99. The lowest BCUT2D eigenvalue weighted by Crippen LogP contribution is -2.02. The van der Waals surface area contributed by atoms with Gasteiger partial charge < -0.3 is 13.6 Å². The van der Waals surface area contributed by atoms with Crippen LogP contribution in [0.15, 0.2) is 0 Å². The van der Waals surface area contributed by atoms with E-state index >= 15 is 0 Å². The summed E-state index contributed by atoms with van der Waals surface area (Å²) in [4.78, 5) is 0. The van der Waals surface area contributed by atoms with Gasteiger partial charge in [0, 0.05) is 13.7 Å². The molecule has 0 amide bonds. The molecule has 0 aromatic carbocycles. The molecule has 0 radical (unpaired) electrons. The highest BCUT2D eigenvalue weighted by molar-refractivity contribution is 6.17. The molecule has 0 bridgehead atoms. The molecule has 0 N–H and O–H groups in total. The Morgan fingerprint density at radius 3 is 3.00 bits per heavy atom. The van der Waals surface area contributed by atoms with Crippen LogP contribution < -0.4 is 0 Å². The lowest BCUT2D eigenvalue weighted by Gasteiger charge is -2.00. The minimum absolute atomic E-state index is 0.578. The quantitative estimate of drug-likeness (QED) is 0.316. The van der Waals surface area contributed by atoms with Crippen LogP contribution in [0.2, 0.25) is 0 Å². The second-order valence-electron chi connectivity index (χ2n) is 2.77. The molecule has 0 spiro atoms. The van der Waals surface area contributed by atoms with Gasteiger partial charge in [0.25, 0.3) is 0 Å². The first-order chi connectivity index (χ1) is 5.43. The van der Waals surface area contributed by atoms with Crippen molar-refractivity contribution >= 4 is 10.0 Å². The van der Waals surface area contributed by atoms with Crippen LogP contribution in [-0.4, -0.2) is 36.4 Å². The fourth-order valence-electron chi connectivity index (χ4n) is 0.953. The summed E-state index contributed by atoms with van der Waals surface area (Å²) in [5, 5.41) is 0. The maximum atomic E-state index is 5.26. The van der Waals surface area contributed by atoms with Crippen molar-refractivity contribution in [3.8, 4) is 0 Å². The van der Waals surface area contributed by atoms with E-state index in [1.54, 1.807) is 7.11 Å². The van der Waals surface area contributed by atoms with Gasteiger partial charge in [0.15, 0.2) is 0 Å². The lowest BCUT2D eigenvalue weighted by molar-refractivity contribution is 0.247. The first kappa shape index (κ1) is 9.19. The Bertz CT molecular complexity index is 95.7. The molecule has 66 valence electrons. The van der Waals surface area contributed by atoms with Crippen LogP contribution in [0.1, 0.15) is 19.3 Å². The molecular weight excluding hydrogens is 160 g/mol. The minimum atomic E-state index is -0.641. The molecule has 3 nitrogen and oxygen atoms in total. The van der Waals surface area contributed by atoms with Gasteiger partial charge in [-0.25, -0.2) is 0 Å². The molecule has 1 fully saturated rings. The fraction of sp³-hybridized carbons (Fsp3) is 1.00. The highest BCUT2D eigenvalue weighted by Gasteiger charge is 2.20. The number of hydrogen-bond donors (Lipinski definition) is 0. The third kappa shape index (κ3) is 5.38. The van der Waals surface area contributed by atoms with E-state index in [0.29, 0.717) is 6.10 Å². The zero-order valence-corrected chi connectivity index (χ0v) is 8.46. The summed E-state index contributed by atoms with van der Waals surface area (Å²) in [6, 6.07) is 0. The topological polar surface area (TPSA) is 31.0 Å². The van der Waals surface area contributed by atoms with Crippen molar-refractivity contribution in [3.63, 3.8) is 0 Å². The highest BCUT2D eigenvalue weighted by atomic mass is 28.3. The molecule has 1 aliphatic heterocycles. The van der Waals surface area contributed by atoms with Gasteiger partial charge in [0.05, 0.1) is 12.7 Å². The van der Waals surface area contributed by atoms with Gasteiger partial charge in [-0.05, 0) is 19.3 Å². The van der Waals surface area contributed by atoms with E-state index in [9.17, 15) is 0 Å². The molecule has 1 rings (SSSR count). The van der Waals surface area contributed by atoms with E-state index in [-0.39, 0.29) is 0 Å². The van der Waals surface area contributed by atoms with Crippen molar-refractivity contribution in [1.82, 2.24) is 0 Å². The summed E-state index contributed by atoms with van der Waals surface area (Å²) in [7, 11) is 1.06. The maximum Gasteiger partial charge on any atom is 0.304 e. The van der Waals surface area contributed by atoms with E-state index < -0.39 is 10.0 Å². The summed E-state index contributed by atoms with van der Waals surface area (Å²) in [5.41, 5.74) is 0. The van der Waals surface area contributed by atoms with E-state index in [1.165, 1.54) is 12.8 Å². The van der Waals surface area contributed by atoms with Crippen LogP contribution in [-0.2, 0) is 13.6 Å². The van der Waals surface area contributed by atoms with E-state index in [1.807, 2.05) is 0 Å². The lowest BCUT2D eigenvalue weighted by atomic mass is 10.2. The number of epoxide rings is 1. The van der Waals surface area contributed by atoms with Crippen LogP contribution in [0.4, 0.5) is 0 Å². The summed E-state index contributed by atoms with van der Waals surface area (Å²) in [6.07, 6.45) is 4.16. The van der Waals surface area contributed by atoms with Crippen LogP contribution >= 0.6 is 0 Å². The Kier molecular flexibility index (Phi) is 4.77. The van der Waals surface area contributed by atoms with Gasteiger partial charge in [-0.15, -0.1) is 0 Å². The summed E-state index contributed by atoms with van der Waals surface area (Å²) < 4.78 is 15.2. The summed E-state index contributed by atoms with van der Waals surface area (Å²) >= 11 is 0. The summed E-state index contributed by atoms with van der Waals surface area (Å²) in [5.74, 6) is 0. The van der Waals surface area contributed by atoms with Crippen LogP contribution in [0.3, 0.4) is 0 Å². The fourth-order valence-corrected chi connectivity index (χ4v) is 1.44. The Morgan fingerprint density at radius 1 is 1.55 bits per heavy atom. The van der Waals surface area contributed by atoms with Gasteiger partial charge in [-0.1, -0.05) is 0 Å². The third-order valence-electron chi connectivity index (χ3n) is 1.67. The smallest absolute Gasteiger partial charge is 0.304 e. The number of hydrogen-bond acceptors (Lipinski definition) is 3. The van der Waals surface area contributed by atoms with Gasteiger partial charge in [-0.2, -0.15) is 0 Å². The van der Waals surface area contributed by atoms with Gasteiger partial charge in [0.1, 0.15) is 0 Å². The number of ether oxygens (including phenoxy) is 1. The van der Waals surface area contributed by atoms with Crippen LogP contribution in [0.25, 0.3) is 0 Å². The molecule has 0 aromatic rings. The SMILES string of the molecule is CO[SiH2]OCCCCC1CO1. The minimum Gasteiger partial charge on any atom is -0.402 e. The first-order valence-corrected chi connectivity index (χ1v) is 5.27. The molecule has 1 atom stereocenters. The average Bonchev–Trinajstić information content (AvgIpc) is 2.80. The van der Waals surface area contributed by atoms with Gasteiger partial charge in [-0.3, -0.25) is 0 Å². The molecule has 1 unspecified atom stereocenters. The van der Waals surface area contributed by atoms with Crippen molar-refractivity contribution in [2.24, 2.45) is 0 Å². The Morgan fingerprint density at radius 2 is 2.36 bits per heavy atom. The van der Waals surface area contributed by atoms with Crippen molar-refractivity contribution in [2.45, 2.75) is 25.4 Å². The Labute approximate surface area is 70.1 Å². The van der Waals surface area contributed by atoms with Crippen molar-refractivity contribution in [3.05, 3.63) is 0 Å². The molecule has 1 aliphatic rings. The van der Waals surface area contributed by atoms with Gasteiger partial charge >= 0.3 is 10.0 Å². The van der Waals surface area contributed by atoms with E-state index in [2.05, 4.69) is 0 Å². The predicted octanol–water partition coefficient (Wildman–Crippen LogP) is 0.217. The summed E-state index contributed by atoms with van der Waals surface area (Å²) in [6.45, 7) is 1.85. The highest BCUT2D eigenvalue weighted by Crippen LogP contribution is 2.16. The van der Waals surface area contributed by atoms with Crippen LogP contribution in [0.5, 0.6) is 0 Å². The van der Waals surface area contributed by atoms with Gasteiger partial charge in [0.2, 0.25) is 0 Å². The van der Waals surface area contributed by atoms with E-state index in [4.69, 9.17) is 13.6 Å². The molecule has 1 heterocycles. The normalized spacial score (nSPS) is 23.2. The molecule has 1 saturated heterocycles. The second kappa shape index (κ2) is 5.71. The molecular formula is C7H16O3Si. The molecule has 0 aliphatic carbocycles. The zero-order chi connectivity index (χ0) is 7.94. The monoisotopic (exact) mass is 176 g/mol. The molecule has 11 heavy (non-hydrogen) atoms. The largest absolute Gasteiger partial charge is 0.402 e. The van der Waals surface area contributed by atoms with Crippen molar-refractivity contribution in [2.75, 3.05) is 20.3 Å². The maximum absolute atomic E-state index is 5.26. The van der Waals surface area contributed by atoms with Crippen molar-refractivity contribution in [1.29, 1.82) is 0 Å². The number of rotatable bonds is 7. The van der Waals surface area contributed by atoms with Crippen molar-refractivity contribution < 1.29 is 13.6 Å². The first-order valence-electron chi connectivity index (χ1n) is 4.12. The number of unbranched alkanes of at least 4 members (excludes halogenated alkanes) is 1. The van der Waals surface area contributed by atoms with Crippen LogP contribution in [0, 0.1) is 0 Å². The molecule has 0 aromatic heterocycles. The Hall–Kier alpha value is 0.0969. The average molecular weight is 176 g/mol. The molecule has 4 heteroatoms. The Balaban J connectivity index is 1.66.